The van der Waals surface area contributed by atoms with Gasteiger partial charge in [0.05, 0.1) is 5.02 Å². The summed E-state index contributed by atoms with van der Waals surface area (Å²) in [5.74, 6) is 3.01. The SMILES string of the molecule is Clc1cnccc1CC(Br)CC1CC2CCC1C2. The predicted octanol–water partition coefficient (Wildman–Crippen LogP) is 4.87. The molecule has 2 aliphatic rings. The van der Waals surface area contributed by atoms with Crippen LogP contribution in [0, 0.1) is 17.8 Å². The minimum absolute atomic E-state index is 0.557. The predicted molar refractivity (Wildman–Crippen MR) is 79.2 cm³/mol. The zero-order chi connectivity index (χ0) is 12.5. The minimum atomic E-state index is 0.557. The van der Waals surface area contributed by atoms with E-state index in [1.807, 2.05) is 12.3 Å². The van der Waals surface area contributed by atoms with Crippen molar-refractivity contribution in [2.24, 2.45) is 17.8 Å². The average molecular weight is 329 g/mol. The smallest absolute Gasteiger partial charge is 0.0621 e. The van der Waals surface area contributed by atoms with Gasteiger partial charge in [0.15, 0.2) is 0 Å². The number of hydrogen-bond donors (Lipinski definition) is 0. The summed E-state index contributed by atoms with van der Waals surface area (Å²) in [6.07, 6.45) is 11.8. The van der Waals surface area contributed by atoms with Crippen molar-refractivity contribution in [2.45, 2.75) is 43.4 Å². The third-order valence-corrected chi connectivity index (χ3v) is 5.78. The van der Waals surface area contributed by atoms with Crippen molar-refractivity contribution >= 4 is 27.5 Å². The Balaban J connectivity index is 1.56. The maximum atomic E-state index is 6.16. The fourth-order valence-corrected chi connectivity index (χ4v) is 4.91. The number of hydrogen-bond acceptors (Lipinski definition) is 1. The topological polar surface area (TPSA) is 12.9 Å². The molecule has 0 spiro atoms. The Labute approximate surface area is 122 Å². The maximum absolute atomic E-state index is 6.16. The first kappa shape index (κ1) is 12.9. The average Bonchev–Trinajstić information content (AvgIpc) is 2.94. The van der Waals surface area contributed by atoms with Crippen LogP contribution in [0.25, 0.3) is 0 Å². The summed E-state index contributed by atoms with van der Waals surface area (Å²) in [6.45, 7) is 0. The molecule has 2 fully saturated rings. The summed E-state index contributed by atoms with van der Waals surface area (Å²) in [5.41, 5.74) is 1.22. The van der Waals surface area contributed by atoms with E-state index < -0.39 is 0 Å². The van der Waals surface area contributed by atoms with Crippen molar-refractivity contribution in [3.8, 4) is 0 Å². The molecule has 2 aliphatic carbocycles. The van der Waals surface area contributed by atoms with Crippen LogP contribution in [0.2, 0.25) is 5.02 Å². The van der Waals surface area contributed by atoms with Gasteiger partial charge in [-0.3, -0.25) is 4.98 Å². The Morgan fingerprint density at radius 3 is 2.94 bits per heavy atom. The van der Waals surface area contributed by atoms with Crippen molar-refractivity contribution < 1.29 is 0 Å². The summed E-state index contributed by atoms with van der Waals surface area (Å²) >= 11 is 10.0. The van der Waals surface area contributed by atoms with Gasteiger partial charge >= 0.3 is 0 Å². The van der Waals surface area contributed by atoms with Crippen LogP contribution in [-0.4, -0.2) is 9.81 Å². The molecule has 3 heteroatoms. The molecule has 1 aromatic rings. The lowest BCUT2D eigenvalue weighted by Crippen LogP contribution is -2.16. The van der Waals surface area contributed by atoms with E-state index in [9.17, 15) is 0 Å². The molecule has 18 heavy (non-hydrogen) atoms. The zero-order valence-corrected chi connectivity index (χ0v) is 12.8. The molecule has 0 saturated heterocycles. The van der Waals surface area contributed by atoms with E-state index in [-0.39, 0.29) is 0 Å². The van der Waals surface area contributed by atoms with Gasteiger partial charge in [-0.05, 0) is 61.5 Å². The zero-order valence-electron chi connectivity index (χ0n) is 10.5. The first-order valence-electron chi connectivity index (χ1n) is 6.95. The number of nitrogens with zero attached hydrogens (tertiary/aromatic N) is 1. The molecule has 4 atom stereocenters. The number of pyridine rings is 1. The van der Waals surface area contributed by atoms with Gasteiger partial charge in [-0.1, -0.05) is 34.0 Å². The van der Waals surface area contributed by atoms with Crippen LogP contribution in [0.15, 0.2) is 18.5 Å². The van der Waals surface area contributed by atoms with E-state index in [1.165, 1.54) is 37.7 Å². The highest BCUT2D eigenvalue weighted by Crippen LogP contribution is 2.50. The molecular formula is C15H19BrClN. The fraction of sp³-hybridized carbons (Fsp3) is 0.667. The summed E-state index contributed by atoms with van der Waals surface area (Å²) in [7, 11) is 0. The number of alkyl halides is 1. The van der Waals surface area contributed by atoms with Gasteiger partial charge in [0.1, 0.15) is 0 Å². The molecule has 1 nitrogen and oxygen atoms in total. The van der Waals surface area contributed by atoms with Gasteiger partial charge in [-0.15, -0.1) is 0 Å². The van der Waals surface area contributed by atoms with Crippen LogP contribution in [-0.2, 0) is 6.42 Å². The molecular weight excluding hydrogens is 310 g/mol. The Kier molecular flexibility index (Phi) is 3.95. The van der Waals surface area contributed by atoms with Crippen LogP contribution in [0.5, 0.6) is 0 Å². The first-order valence-corrected chi connectivity index (χ1v) is 8.24. The second-order valence-electron chi connectivity index (χ2n) is 5.94. The maximum Gasteiger partial charge on any atom is 0.0621 e. The highest BCUT2D eigenvalue weighted by atomic mass is 79.9. The van der Waals surface area contributed by atoms with E-state index in [4.69, 9.17) is 11.6 Å². The third-order valence-electron chi connectivity index (χ3n) is 4.74. The molecule has 98 valence electrons. The number of fused-ring (bicyclic) bond motifs is 2. The van der Waals surface area contributed by atoms with E-state index >= 15 is 0 Å². The van der Waals surface area contributed by atoms with E-state index in [2.05, 4.69) is 20.9 Å². The van der Waals surface area contributed by atoms with Gasteiger partial charge in [-0.2, -0.15) is 0 Å². The summed E-state index contributed by atoms with van der Waals surface area (Å²) in [6, 6.07) is 2.04. The largest absolute Gasteiger partial charge is 0.263 e. The molecule has 3 rings (SSSR count). The molecule has 0 radical (unpaired) electrons. The highest BCUT2D eigenvalue weighted by molar-refractivity contribution is 9.09. The molecule has 0 N–H and O–H groups in total. The van der Waals surface area contributed by atoms with Crippen LogP contribution in [0.1, 0.15) is 37.7 Å². The minimum Gasteiger partial charge on any atom is -0.263 e. The lowest BCUT2D eigenvalue weighted by atomic mass is 9.85. The lowest BCUT2D eigenvalue weighted by Gasteiger charge is -2.24. The Hall–Kier alpha value is -0.0800. The van der Waals surface area contributed by atoms with Gasteiger partial charge in [0, 0.05) is 17.2 Å². The van der Waals surface area contributed by atoms with Gasteiger partial charge in [0.2, 0.25) is 0 Å². The number of rotatable bonds is 4. The first-order chi connectivity index (χ1) is 8.72. The molecule has 4 unspecified atom stereocenters. The van der Waals surface area contributed by atoms with Crippen molar-refractivity contribution in [1.29, 1.82) is 0 Å². The normalized spacial score (nSPS) is 31.8. The van der Waals surface area contributed by atoms with Gasteiger partial charge in [0.25, 0.3) is 0 Å². The van der Waals surface area contributed by atoms with E-state index in [1.54, 1.807) is 6.20 Å². The molecule has 0 aliphatic heterocycles. The van der Waals surface area contributed by atoms with Crippen LogP contribution in [0.4, 0.5) is 0 Å². The van der Waals surface area contributed by atoms with Crippen LogP contribution < -0.4 is 0 Å². The van der Waals surface area contributed by atoms with Crippen LogP contribution >= 0.6 is 27.5 Å². The Morgan fingerprint density at radius 2 is 2.28 bits per heavy atom. The summed E-state index contributed by atoms with van der Waals surface area (Å²) in [4.78, 5) is 4.60. The third kappa shape index (κ3) is 2.75. The monoisotopic (exact) mass is 327 g/mol. The quantitative estimate of drug-likeness (QED) is 0.719. The number of aromatic nitrogens is 1. The Bertz CT molecular complexity index is 423. The summed E-state index contributed by atoms with van der Waals surface area (Å²) in [5, 5.41) is 0.801. The standard InChI is InChI=1S/C15H19BrClN/c16-14(7-12-3-4-18-9-15(12)17)8-13-6-10-1-2-11(13)5-10/h3-4,9-11,13-14H,1-2,5-8H2. The Morgan fingerprint density at radius 1 is 1.39 bits per heavy atom. The van der Waals surface area contributed by atoms with Crippen molar-refractivity contribution in [2.75, 3.05) is 0 Å². The van der Waals surface area contributed by atoms with Gasteiger partial charge < -0.3 is 0 Å². The second kappa shape index (κ2) is 5.50. The molecule has 1 aromatic heterocycles. The molecule has 2 bridgehead atoms. The van der Waals surface area contributed by atoms with Crippen LogP contribution in [0.3, 0.4) is 0 Å². The van der Waals surface area contributed by atoms with E-state index in [0.717, 1.165) is 29.2 Å². The van der Waals surface area contributed by atoms with Crippen molar-refractivity contribution in [1.82, 2.24) is 4.98 Å². The second-order valence-corrected chi connectivity index (χ2v) is 7.64. The number of halogens is 2. The van der Waals surface area contributed by atoms with Gasteiger partial charge in [-0.25, -0.2) is 0 Å². The molecule has 0 aromatic carbocycles. The van der Waals surface area contributed by atoms with Crippen molar-refractivity contribution in [3.05, 3.63) is 29.0 Å². The molecule has 2 saturated carbocycles. The highest BCUT2D eigenvalue weighted by Gasteiger charge is 2.39. The molecule has 0 amide bonds. The lowest BCUT2D eigenvalue weighted by molar-refractivity contribution is 0.313. The van der Waals surface area contributed by atoms with E-state index in [0.29, 0.717) is 4.83 Å². The molecule has 1 heterocycles. The summed E-state index contributed by atoms with van der Waals surface area (Å²) < 4.78 is 0. The fourth-order valence-electron chi connectivity index (χ4n) is 3.89. The van der Waals surface area contributed by atoms with Crippen molar-refractivity contribution in [3.63, 3.8) is 0 Å².